The fourth-order valence-corrected chi connectivity index (χ4v) is 2.14. The van der Waals surface area contributed by atoms with Gasteiger partial charge in [0, 0.05) is 12.1 Å². The first kappa shape index (κ1) is 11.4. The Bertz CT molecular complexity index is 364. The van der Waals surface area contributed by atoms with Gasteiger partial charge in [0.1, 0.15) is 0 Å². The van der Waals surface area contributed by atoms with Crippen LogP contribution in [0.3, 0.4) is 0 Å². The lowest BCUT2D eigenvalue weighted by atomic mass is 9.99. The normalized spacial score (nSPS) is 22.1. The number of benzene rings is 1. The van der Waals surface area contributed by atoms with Crippen LogP contribution in [0.5, 0.6) is 5.75 Å². The van der Waals surface area contributed by atoms with Crippen LogP contribution in [0.4, 0.5) is 4.39 Å². The second-order valence-corrected chi connectivity index (χ2v) is 4.12. The SMILES string of the molecule is COc1ccc(C(N)C2CCCN2)cc1F. The maximum absolute atomic E-state index is 13.5. The van der Waals surface area contributed by atoms with E-state index in [1.807, 2.05) is 6.07 Å². The molecule has 1 aromatic rings. The first-order chi connectivity index (χ1) is 7.72. The molecule has 88 valence electrons. The Balaban J connectivity index is 2.16. The third kappa shape index (κ3) is 2.18. The minimum Gasteiger partial charge on any atom is -0.494 e. The van der Waals surface area contributed by atoms with Gasteiger partial charge in [-0.3, -0.25) is 0 Å². The van der Waals surface area contributed by atoms with Crippen LogP contribution in [0.25, 0.3) is 0 Å². The first-order valence-corrected chi connectivity index (χ1v) is 5.55. The summed E-state index contributed by atoms with van der Waals surface area (Å²) in [7, 11) is 1.45. The molecule has 0 saturated carbocycles. The Kier molecular flexibility index (Phi) is 3.41. The number of hydrogen-bond acceptors (Lipinski definition) is 3. The van der Waals surface area contributed by atoms with Crippen LogP contribution < -0.4 is 15.8 Å². The molecule has 1 heterocycles. The molecule has 1 saturated heterocycles. The van der Waals surface area contributed by atoms with Gasteiger partial charge >= 0.3 is 0 Å². The predicted molar refractivity (Wildman–Crippen MR) is 60.9 cm³/mol. The number of rotatable bonds is 3. The third-order valence-electron chi connectivity index (χ3n) is 3.09. The van der Waals surface area contributed by atoms with Gasteiger partial charge in [-0.15, -0.1) is 0 Å². The molecule has 2 atom stereocenters. The molecule has 0 spiro atoms. The Hall–Kier alpha value is -1.13. The summed E-state index contributed by atoms with van der Waals surface area (Å²) in [4.78, 5) is 0. The van der Waals surface area contributed by atoms with Crippen LogP contribution >= 0.6 is 0 Å². The minimum absolute atomic E-state index is 0.150. The first-order valence-electron chi connectivity index (χ1n) is 5.55. The van der Waals surface area contributed by atoms with Gasteiger partial charge < -0.3 is 15.8 Å². The van der Waals surface area contributed by atoms with Crippen molar-refractivity contribution in [1.29, 1.82) is 0 Å². The molecule has 2 rings (SSSR count). The van der Waals surface area contributed by atoms with Gasteiger partial charge in [-0.1, -0.05) is 6.07 Å². The van der Waals surface area contributed by atoms with Crippen LogP contribution in [0.15, 0.2) is 18.2 Å². The van der Waals surface area contributed by atoms with Gasteiger partial charge in [0.15, 0.2) is 11.6 Å². The Labute approximate surface area is 94.8 Å². The highest BCUT2D eigenvalue weighted by molar-refractivity contribution is 5.31. The summed E-state index contributed by atoms with van der Waals surface area (Å²) in [5.74, 6) is -0.0937. The number of ether oxygens (including phenoxy) is 1. The van der Waals surface area contributed by atoms with E-state index in [1.165, 1.54) is 13.2 Å². The van der Waals surface area contributed by atoms with Crippen molar-refractivity contribution in [3.05, 3.63) is 29.6 Å². The molecule has 3 N–H and O–H groups in total. The Morgan fingerprint density at radius 2 is 2.38 bits per heavy atom. The summed E-state index contributed by atoms with van der Waals surface area (Å²) < 4.78 is 18.4. The topological polar surface area (TPSA) is 47.3 Å². The zero-order valence-electron chi connectivity index (χ0n) is 9.37. The van der Waals surface area contributed by atoms with Crippen molar-refractivity contribution < 1.29 is 9.13 Å². The van der Waals surface area contributed by atoms with Gasteiger partial charge in [-0.2, -0.15) is 0 Å². The van der Waals surface area contributed by atoms with Gasteiger partial charge in [0.2, 0.25) is 0 Å². The van der Waals surface area contributed by atoms with Crippen molar-refractivity contribution in [2.75, 3.05) is 13.7 Å². The van der Waals surface area contributed by atoms with Gasteiger partial charge in [0.25, 0.3) is 0 Å². The Morgan fingerprint density at radius 1 is 1.56 bits per heavy atom. The van der Waals surface area contributed by atoms with Crippen molar-refractivity contribution in [2.24, 2.45) is 5.73 Å². The molecule has 2 unspecified atom stereocenters. The molecule has 3 nitrogen and oxygen atoms in total. The number of methoxy groups -OCH3 is 1. The molecule has 0 aliphatic carbocycles. The minimum atomic E-state index is -0.353. The predicted octanol–water partition coefficient (Wildman–Crippen LogP) is 1.59. The smallest absolute Gasteiger partial charge is 0.165 e. The van der Waals surface area contributed by atoms with Crippen LogP contribution in [0.2, 0.25) is 0 Å². The summed E-state index contributed by atoms with van der Waals surface area (Å²) in [5, 5.41) is 3.32. The average Bonchev–Trinajstić information content (AvgIpc) is 2.81. The monoisotopic (exact) mass is 224 g/mol. The second-order valence-electron chi connectivity index (χ2n) is 4.12. The molecule has 0 radical (unpaired) electrons. The Morgan fingerprint density at radius 3 is 2.94 bits per heavy atom. The average molecular weight is 224 g/mol. The van der Waals surface area contributed by atoms with Gasteiger partial charge in [-0.05, 0) is 37.1 Å². The fraction of sp³-hybridized carbons (Fsp3) is 0.500. The molecule has 1 fully saturated rings. The second kappa shape index (κ2) is 4.80. The summed E-state index contributed by atoms with van der Waals surface area (Å²) in [6, 6.07) is 5.02. The lowest BCUT2D eigenvalue weighted by molar-refractivity contribution is 0.385. The van der Waals surface area contributed by atoms with E-state index in [9.17, 15) is 4.39 Å². The number of halogens is 1. The van der Waals surface area contributed by atoms with E-state index in [2.05, 4.69) is 5.32 Å². The van der Waals surface area contributed by atoms with E-state index in [-0.39, 0.29) is 23.7 Å². The van der Waals surface area contributed by atoms with E-state index in [1.54, 1.807) is 6.07 Å². The molecule has 4 heteroatoms. The molecule has 1 aliphatic heterocycles. The summed E-state index contributed by atoms with van der Waals surface area (Å²) in [5.41, 5.74) is 6.91. The summed E-state index contributed by atoms with van der Waals surface area (Å²) in [6.07, 6.45) is 2.19. The molecular weight excluding hydrogens is 207 g/mol. The maximum Gasteiger partial charge on any atom is 0.165 e. The molecule has 1 aromatic carbocycles. The molecule has 1 aliphatic rings. The lowest BCUT2D eigenvalue weighted by Gasteiger charge is -2.20. The number of hydrogen-bond donors (Lipinski definition) is 2. The largest absolute Gasteiger partial charge is 0.494 e. The van der Waals surface area contributed by atoms with E-state index < -0.39 is 0 Å². The van der Waals surface area contributed by atoms with Crippen molar-refractivity contribution in [3.63, 3.8) is 0 Å². The molecule has 0 amide bonds. The quantitative estimate of drug-likeness (QED) is 0.819. The zero-order valence-corrected chi connectivity index (χ0v) is 9.37. The van der Waals surface area contributed by atoms with Crippen molar-refractivity contribution in [3.8, 4) is 5.75 Å². The van der Waals surface area contributed by atoms with Crippen LogP contribution in [-0.4, -0.2) is 19.7 Å². The van der Waals surface area contributed by atoms with Crippen LogP contribution in [0, 0.1) is 5.82 Å². The standard InChI is InChI=1S/C12H17FN2O/c1-16-11-5-4-8(7-9(11)13)12(14)10-3-2-6-15-10/h4-5,7,10,12,15H,2-3,6,14H2,1H3. The molecule has 0 bridgehead atoms. The van der Waals surface area contributed by atoms with E-state index in [0.29, 0.717) is 0 Å². The molecular formula is C12H17FN2O. The molecule has 16 heavy (non-hydrogen) atoms. The third-order valence-corrected chi connectivity index (χ3v) is 3.09. The van der Waals surface area contributed by atoms with Gasteiger partial charge in [0.05, 0.1) is 7.11 Å². The van der Waals surface area contributed by atoms with Crippen molar-refractivity contribution >= 4 is 0 Å². The highest BCUT2D eigenvalue weighted by Gasteiger charge is 2.23. The van der Waals surface area contributed by atoms with E-state index >= 15 is 0 Å². The van der Waals surface area contributed by atoms with E-state index in [0.717, 1.165) is 24.9 Å². The summed E-state index contributed by atoms with van der Waals surface area (Å²) in [6.45, 7) is 0.997. The maximum atomic E-state index is 13.5. The molecule has 0 aromatic heterocycles. The van der Waals surface area contributed by atoms with Crippen LogP contribution in [-0.2, 0) is 0 Å². The highest BCUT2D eigenvalue weighted by atomic mass is 19.1. The lowest BCUT2D eigenvalue weighted by Crippen LogP contribution is -2.34. The fourth-order valence-electron chi connectivity index (χ4n) is 2.14. The van der Waals surface area contributed by atoms with Crippen molar-refractivity contribution in [2.45, 2.75) is 24.9 Å². The van der Waals surface area contributed by atoms with Gasteiger partial charge in [-0.25, -0.2) is 4.39 Å². The van der Waals surface area contributed by atoms with E-state index in [4.69, 9.17) is 10.5 Å². The zero-order chi connectivity index (χ0) is 11.5. The highest BCUT2D eigenvalue weighted by Crippen LogP contribution is 2.25. The number of nitrogens with one attached hydrogen (secondary N) is 1. The summed E-state index contributed by atoms with van der Waals surface area (Å²) >= 11 is 0. The van der Waals surface area contributed by atoms with Crippen molar-refractivity contribution in [1.82, 2.24) is 5.32 Å². The number of nitrogens with two attached hydrogens (primary N) is 1. The van der Waals surface area contributed by atoms with Crippen LogP contribution in [0.1, 0.15) is 24.4 Å².